The first kappa shape index (κ1) is 20.3. The molecule has 30 heavy (non-hydrogen) atoms. The number of piperazine rings is 1. The van der Waals surface area contributed by atoms with E-state index in [4.69, 9.17) is 16.1 Å². The van der Waals surface area contributed by atoms with Crippen molar-refractivity contribution < 1.29 is 14.1 Å². The van der Waals surface area contributed by atoms with Crippen LogP contribution < -0.4 is 0 Å². The highest BCUT2D eigenvalue weighted by Gasteiger charge is 2.28. The molecule has 1 fully saturated rings. The lowest BCUT2D eigenvalue weighted by Gasteiger charge is -2.35. The molecule has 0 spiro atoms. The van der Waals surface area contributed by atoms with Crippen LogP contribution in [0.4, 0.5) is 0 Å². The van der Waals surface area contributed by atoms with Gasteiger partial charge in [0.25, 0.3) is 17.5 Å². The Kier molecular flexibility index (Phi) is 5.47. The minimum absolute atomic E-state index is 0.0760. The monoisotopic (exact) mass is 426 g/mol. The molecule has 156 valence electrons. The highest BCUT2D eigenvalue weighted by molar-refractivity contribution is 6.30. The Bertz CT molecular complexity index is 1120. The number of amides is 2. The Morgan fingerprint density at radius 1 is 1.07 bits per heavy atom. The van der Waals surface area contributed by atoms with E-state index < -0.39 is 0 Å². The zero-order chi connectivity index (χ0) is 21.4. The highest BCUT2D eigenvalue weighted by atomic mass is 35.5. The Labute approximate surface area is 179 Å². The summed E-state index contributed by atoms with van der Waals surface area (Å²) >= 11 is 6.00. The smallest absolute Gasteiger partial charge is 0.259 e. The molecule has 3 aromatic rings. The summed E-state index contributed by atoms with van der Waals surface area (Å²) in [6.07, 6.45) is 0. The quantitative estimate of drug-likeness (QED) is 0.634. The van der Waals surface area contributed by atoms with Gasteiger partial charge in [-0.3, -0.25) is 9.59 Å². The molecule has 0 unspecified atom stereocenters. The number of hydrogen-bond acceptors (Lipinski definition) is 5. The van der Waals surface area contributed by atoms with Crippen molar-refractivity contribution in [3.8, 4) is 0 Å². The van der Waals surface area contributed by atoms with Crippen LogP contribution in [0.2, 0.25) is 5.02 Å². The number of nitrogens with zero attached hydrogens (tertiary/aromatic N) is 4. The van der Waals surface area contributed by atoms with Crippen LogP contribution in [0, 0.1) is 6.92 Å². The van der Waals surface area contributed by atoms with Crippen molar-refractivity contribution in [3.63, 3.8) is 0 Å². The fourth-order valence-corrected chi connectivity index (χ4v) is 3.86. The number of aryl methyl sites for hydroxylation is 1. The fourth-order valence-electron chi connectivity index (χ4n) is 3.67. The van der Waals surface area contributed by atoms with E-state index in [9.17, 15) is 9.59 Å². The lowest BCUT2D eigenvalue weighted by molar-refractivity contribution is 0.0536. The van der Waals surface area contributed by atoms with E-state index in [1.54, 1.807) is 41.0 Å². The van der Waals surface area contributed by atoms with Gasteiger partial charge in [-0.15, -0.1) is 0 Å². The number of carbonyl (C=O) groups excluding carboxylic acids is 2. The second-order valence-corrected chi connectivity index (χ2v) is 8.23. The number of carbonyl (C=O) groups is 2. The summed E-state index contributed by atoms with van der Waals surface area (Å²) in [7, 11) is 0. The largest absolute Gasteiger partial charge is 0.336 e. The van der Waals surface area contributed by atoms with Crippen LogP contribution in [0.5, 0.6) is 0 Å². The molecule has 0 aliphatic carbocycles. The number of hydrogen-bond donors (Lipinski definition) is 0. The van der Waals surface area contributed by atoms with Crippen LogP contribution in [0.15, 0.2) is 34.9 Å². The van der Waals surface area contributed by atoms with Crippen molar-refractivity contribution in [1.82, 2.24) is 19.9 Å². The third-order valence-corrected chi connectivity index (χ3v) is 5.62. The number of aromatic nitrogens is 2. The zero-order valence-electron chi connectivity index (χ0n) is 17.2. The Morgan fingerprint density at radius 2 is 1.73 bits per heavy atom. The number of benzene rings is 1. The van der Waals surface area contributed by atoms with Crippen LogP contribution in [0.25, 0.3) is 11.1 Å². The predicted molar refractivity (Wildman–Crippen MR) is 114 cm³/mol. The molecule has 1 aliphatic rings. The van der Waals surface area contributed by atoms with Crippen LogP contribution in [0.1, 0.15) is 51.9 Å². The number of fused-ring (bicyclic) bond motifs is 1. The van der Waals surface area contributed by atoms with Crippen molar-refractivity contribution in [3.05, 3.63) is 57.9 Å². The van der Waals surface area contributed by atoms with Crippen molar-refractivity contribution in [2.45, 2.75) is 26.7 Å². The minimum atomic E-state index is -0.0922. The van der Waals surface area contributed by atoms with E-state index in [2.05, 4.69) is 10.1 Å². The van der Waals surface area contributed by atoms with Gasteiger partial charge in [-0.25, -0.2) is 4.98 Å². The van der Waals surface area contributed by atoms with Gasteiger partial charge >= 0.3 is 0 Å². The fraction of sp³-hybridized carbons (Fsp3) is 0.364. The van der Waals surface area contributed by atoms with Gasteiger partial charge in [0, 0.05) is 42.5 Å². The lowest BCUT2D eigenvalue weighted by Crippen LogP contribution is -2.50. The molecule has 0 saturated carbocycles. The summed E-state index contributed by atoms with van der Waals surface area (Å²) in [5, 5.41) is 5.17. The molecule has 1 aliphatic heterocycles. The Balaban J connectivity index is 1.54. The number of pyridine rings is 1. The van der Waals surface area contributed by atoms with E-state index >= 15 is 0 Å². The van der Waals surface area contributed by atoms with E-state index in [-0.39, 0.29) is 17.7 Å². The van der Waals surface area contributed by atoms with Gasteiger partial charge in [0.05, 0.1) is 16.6 Å². The molecular weight excluding hydrogens is 404 g/mol. The molecule has 8 heteroatoms. The van der Waals surface area contributed by atoms with Gasteiger partial charge in [-0.2, -0.15) is 0 Å². The first-order chi connectivity index (χ1) is 14.3. The second-order valence-electron chi connectivity index (χ2n) is 7.79. The van der Waals surface area contributed by atoms with Gasteiger partial charge in [0.2, 0.25) is 0 Å². The molecule has 2 aromatic heterocycles. The van der Waals surface area contributed by atoms with Gasteiger partial charge in [0.15, 0.2) is 0 Å². The maximum Gasteiger partial charge on any atom is 0.259 e. The number of rotatable bonds is 3. The molecule has 2 amide bonds. The number of halogens is 1. The topological polar surface area (TPSA) is 79.5 Å². The summed E-state index contributed by atoms with van der Waals surface area (Å²) in [5.74, 6) is -0.0168. The third kappa shape index (κ3) is 3.77. The van der Waals surface area contributed by atoms with E-state index in [1.165, 1.54) is 0 Å². The SMILES string of the molecule is Cc1noc2nc(C(C)C)cc(C(=O)N3CCN(C(=O)c4cccc(Cl)c4)CC3)c12. The molecule has 0 N–H and O–H groups in total. The van der Waals surface area contributed by atoms with Gasteiger partial charge in [-0.1, -0.05) is 36.7 Å². The molecule has 0 bridgehead atoms. The molecule has 7 nitrogen and oxygen atoms in total. The van der Waals surface area contributed by atoms with Crippen molar-refractivity contribution in [2.75, 3.05) is 26.2 Å². The summed E-state index contributed by atoms with van der Waals surface area (Å²) in [6.45, 7) is 7.68. The minimum Gasteiger partial charge on any atom is -0.336 e. The Morgan fingerprint density at radius 3 is 2.37 bits per heavy atom. The summed E-state index contributed by atoms with van der Waals surface area (Å²) in [6, 6.07) is 8.75. The lowest BCUT2D eigenvalue weighted by atomic mass is 10.0. The standard InChI is InChI=1S/C22H23ClN4O3/c1-13(2)18-12-17(19-14(3)25-30-20(19)24-18)22(29)27-9-7-26(8-10-27)21(28)15-5-4-6-16(23)11-15/h4-6,11-13H,7-10H2,1-3H3. The molecule has 3 heterocycles. The molecule has 0 atom stereocenters. The van der Waals surface area contributed by atoms with Gasteiger partial charge in [-0.05, 0) is 37.1 Å². The molecule has 1 aromatic carbocycles. The first-order valence-corrected chi connectivity index (χ1v) is 10.3. The normalized spacial score (nSPS) is 14.6. The second kappa shape index (κ2) is 8.07. The first-order valence-electron chi connectivity index (χ1n) is 9.96. The molecular formula is C22H23ClN4O3. The van der Waals surface area contributed by atoms with Crippen molar-refractivity contribution in [2.24, 2.45) is 0 Å². The zero-order valence-corrected chi connectivity index (χ0v) is 17.9. The average Bonchev–Trinajstić information content (AvgIpc) is 3.13. The van der Waals surface area contributed by atoms with Crippen LogP contribution in [-0.2, 0) is 0 Å². The maximum absolute atomic E-state index is 13.3. The molecule has 4 rings (SSSR count). The van der Waals surface area contributed by atoms with Crippen LogP contribution >= 0.6 is 11.6 Å². The van der Waals surface area contributed by atoms with Crippen LogP contribution in [-0.4, -0.2) is 57.9 Å². The van der Waals surface area contributed by atoms with Crippen LogP contribution in [0.3, 0.4) is 0 Å². The molecule has 0 radical (unpaired) electrons. The predicted octanol–water partition coefficient (Wildman–Crippen LogP) is 3.91. The third-order valence-electron chi connectivity index (χ3n) is 5.38. The summed E-state index contributed by atoms with van der Waals surface area (Å²) in [5.41, 5.74) is 2.93. The average molecular weight is 427 g/mol. The Hall–Kier alpha value is -2.93. The van der Waals surface area contributed by atoms with Gasteiger partial charge < -0.3 is 14.3 Å². The van der Waals surface area contributed by atoms with E-state index in [0.717, 1.165) is 5.69 Å². The van der Waals surface area contributed by atoms with E-state index in [1.807, 2.05) is 19.9 Å². The molecule has 1 saturated heterocycles. The van der Waals surface area contributed by atoms with Gasteiger partial charge in [0.1, 0.15) is 0 Å². The highest BCUT2D eigenvalue weighted by Crippen LogP contribution is 2.26. The maximum atomic E-state index is 13.3. The van der Waals surface area contributed by atoms with Crippen molar-refractivity contribution in [1.29, 1.82) is 0 Å². The summed E-state index contributed by atoms with van der Waals surface area (Å²) in [4.78, 5) is 34.1. The van der Waals surface area contributed by atoms with E-state index in [0.29, 0.717) is 59.1 Å². The van der Waals surface area contributed by atoms with Crippen molar-refractivity contribution >= 4 is 34.5 Å². The summed E-state index contributed by atoms with van der Waals surface area (Å²) < 4.78 is 5.33.